The highest BCUT2D eigenvalue weighted by Gasteiger charge is 2.23. The first-order chi connectivity index (χ1) is 9.93. The molecule has 0 aliphatic rings. The molecule has 0 amide bonds. The maximum atomic E-state index is 12.5. The Morgan fingerprint density at radius 3 is 2.76 bits per heavy atom. The number of nitrogens with one attached hydrogen (secondary N) is 1. The van der Waals surface area contributed by atoms with Crippen LogP contribution in [0, 0.1) is 0 Å². The van der Waals surface area contributed by atoms with Crippen molar-refractivity contribution >= 4 is 44.3 Å². The number of halogens is 1. The summed E-state index contributed by atoms with van der Waals surface area (Å²) in [4.78, 5) is 0.926. The van der Waals surface area contributed by atoms with E-state index in [0.29, 0.717) is 21.6 Å². The van der Waals surface area contributed by atoms with Gasteiger partial charge in [-0.15, -0.1) is 22.7 Å². The van der Waals surface area contributed by atoms with Crippen molar-refractivity contribution in [2.24, 2.45) is 0 Å². The predicted octanol–water partition coefficient (Wildman–Crippen LogP) is 3.39. The van der Waals surface area contributed by atoms with Crippen LogP contribution in [0.3, 0.4) is 0 Å². The van der Waals surface area contributed by atoms with Crippen molar-refractivity contribution in [3.05, 3.63) is 38.4 Å². The van der Waals surface area contributed by atoms with Crippen molar-refractivity contribution in [1.82, 2.24) is 9.62 Å². The summed E-state index contributed by atoms with van der Waals surface area (Å²) in [5, 5.41) is 5.07. The number of rotatable bonds is 7. The average Bonchev–Trinajstić information content (AvgIpc) is 3.06. The van der Waals surface area contributed by atoms with Crippen LogP contribution in [0.2, 0.25) is 4.34 Å². The van der Waals surface area contributed by atoms with E-state index in [1.807, 2.05) is 18.4 Å². The molecule has 2 heterocycles. The molecule has 0 aliphatic heterocycles. The number of nitrogens with zero attached hydrogens (tertiary/aromatic N) is 1. The van der Waals surface area contributed by atoms with Gasteiger partial charge >= 0.3 is 0 Å². The van der Waals surface area contributed by atoms with E-state index in [4.69, 9.17) is 11.6 Å². The molecule has 0 radical (unpaired) electrons. The van der Waals surface area contributed by atoms with Crippen molar-refractivity contribution in [3.63, 3.8) is 0 Å². The summed E-state index contributed by atoms with van der Waals surface area (Å²) in [6.45, 7) is 3.90. The molecule has 116 valence electrons. The summed E-state index contributed by atoms with van der Waals surface area (Å²) in [5.74, 6) is 0. The SMILES string of the molecule is CCNCc1csc(S(=O)(=O)N(C)Cc2ccc(Cl)s2)c1. The third-order valence-corrected chi connectivity index (χ3v) is 7.36. The number of thiophene rings is 2. The Labute approximate surface area is 138 Å². The Morgan fingerprint density at radius 1 is 1.38 bits per heavy atom. The Morgan fingerprint density at radius 2 is 2.14 bits per heavy atom. The van der Waals surface area contributed by atoms with Crippen LogP contribution < -0.4 is 5.32 Å². The molecule has 0 saturated heterocycles. The fourth-order valence-electron chi connectivity index (χ4n) is 1.75. The second-order valence-electron chi connectivity index (χ2n) is 4.52. The largest absolute Gasteiger partial charge is 0.313 e. The van der Waals surface area contributed by atoms with Crippen molar-refractivity contribution in [1.29, 1.82) is 0 Å². The standard InChI is InChI=1S/C13H17ClN2O2S3/c1-3-15-7-10-6-13(19-9-10)21(17,18)16(2)8-11-4-5-12(14)20-11/h4-6,9,15H,3,7-8H2,1-2H3. The summed E-state index contributed by atoms with van der Waals surface area (Å²) < 4.78 is 27.4. The molecule has 2 aromatic heterocycles. The lowest BCUT2D eigenvalue weighted by Crippen LogP contribution is -2.25. The monoisotopic (exact) mass is 364 g/mol. The lowest BCUT2D eigenvalue weighted by molar-refractivity contribution is 0.471. The molecule has 0 saturated carbocycles. The zero-order valence-electron chi connectivity index (χ0n) is 11.8. The summed E-state index contributed by atoms with van der Waals surface area (Å²) in [5.41, 5.74) is 0.994. The second kappa shape index (κ2) is 7.21. The average molecular weight is 365 g/mol. The van der Waals surface area contributed by atoms with Gasteiger partial charge in [0.2, 0.25) is 0 Å². The van der Waals surface area contributed by atoms with Crippen LogP contribution >= 0.6 is 34.3 Å². The van der Waals surface area contributed by atoms with Gasteiger partial charge in [-0.3, -0.25) is 0 Å². The van der Waals surface area contributed by atoms with E-state index in [1.54, 1.807) is 19.2 Å². The van der Waals surface area contributed by atoms with E-state index >= 15 is 0 Å². The van der Waals surface area contributed by atoms with E-state index in [-0.39, 0.29) is 0 Å². The van der Waals surface area contributed by atoms with E-state index in [9.17, 15) is 8.42 Å². The van der Waals surface area contributed by atoms with Crippen LogP contribution in [0.4, 0.5) is 0 Å². The normalized spacial score (nSPS) is 12.2. The van der Waals surface area contributed by atoms with Crippen molar-refractivity contribution in [3.8, 4) is 0 Å². The summed E-state index contributed by atoms with van der Waals surface area (Å²) in [7, 11) is -1.85. The first-order valence-electron chi connectivity index (χ1n) is 6.42. The molecule has 2 aromatic rings. The van der Waals surface area contributed by atoms with E-state index in [1.165, 1.54) is 27.0 Å². The molecule has 0 unspecified atom stereocenters. The molecule has 0 aromatic carbocycles. The van der Waals surface area contributed by atoms with Crippen molar-refractivity contribution < 1.29 is 8.42 Å². The minimum absolute atomic E-state index is 0.333. The zero-order chi connectivity index (χ0) is 15.5. The Hall–Kier alpha value is -0.440. The van der Waals surface area contributed by atoms with Gasteiger partial charge in [0.15, 0.2) is 0 Å². The third-order valence-electron chi connectivity index (χ3n) is 2.88. The molecule has 2 rings (SSSR count). The van der Waals surface area contributed by atoms with Gasteiger partial charge in [-0.2, -0.15) is 4.31 Å². The number of hydrogen-bond acceptors (Lipinski definition) is 5. The van der Waals surface area contributed by atoms with Gasteiger partial charge < -0.3 is 5.32 Å². The van der Waals surface area contributed by atoms with Gasteiger partial charge in [0, 0.05) is 25.0 Å². The molecule has 0 bridgehead atoms. The molecule has 0 atom stereocenters. The van der Waals surface area contributed by atoms with E-state index < -0.39 is 10.0 Å². The molecule has 8 heteroatoms. The van der Waals surface area contributed by atoms with Crippen LogP contribution in [-0.2, 0) is 23.1 Å². The topological polar surface area (TPSA) is 49.4 Å². The minimum Gasteiger partial charge on any atom is -0.313 e. The van der Waals surface area contributed by atoms with Crippen LogP contribution in [0.15, 0.2) is 27.8 Å². The molecule has 4 nitrogen and oxygen atoms in total. The van der Waals surface area contributed by atoms with Crippen LogP contribution in [0.1, 0.15) is 17.4 Å². The quantitative estimate of drug-likeness (QED) is 0.819. The van der Waals surface area contributed by atoms with Gasteiger partial charge in [0.25, 0.3) is 10.0 Å². The van der Waals surface area contributed by atoms with Gasteiger partial charge in [0.1, 0.15) is 4.21 Å². The van der Waals surface area contributed by atoms with Gasteiger partial charge in [-0.05, 0) is 35.7 Å². The summed E-state index contributed by atoms with van der Waals surface area (Å²) in [6.07, 6.45) is 0. The lowest BCUT2D eigenvalue weighted by atomic mass is 10.3. The Kier molecular flexibility index (Phi) is 5.81. The van der Waals surface area contributed by atoms with E-state index in [0.717, 1.165) is 17.0 Å². The molecule has 1 N–H and O–H groups in total. The van der Waals surface area contributed by atoms with Gasteiger partial charge in [0.05, 0.1) is 4.34 Å². The first kappa shape index (κ1) is 16.9. The van der Waals surface area contributed by atoms with Gasteiger partial charge in [-0.1, -0.05) is 18.5 Å². The fraction of sp³-hybridized carbons (Fsp3) is 0.385. The second-order valence-corrected chi connectivity index (χ2v) is 9.50. The molecule has 0 spiro atoms. The fourth-order valence-corrected chi connectivity index (χ4v) is 5.54. The molecule has 0 fully saturated rings. The van der Waals surface area contributed by atoms with Crippen LogP contribution in [0.25, 0.3) is 0 Å². The smallest absolute Gasteiger partial charge is 0.252 e. The predicted molar refractivity (Wildman–Crippen MR) is 89.7 cm³/mol. The summed E-state index contributed by atoms with van der Waals surface area (Å²) >= 11 is 8.53. The highest BCUT2D eigenvalue weighted by atomic mass is 35.5. The van der Waals surface area contributed by atoms with Crippen molar-refractivity contribution in [2.75, 3.05) is 13.6 Å². The minimum atomic E-state index is -3.44. The maximum absolute atomic E-state index is 12.5. The van der Waals surface area contributed by atoms with E-state index in [2.05, 4.69) is 5.32 Å². The van der Waals surface area contributed by atoms with Crippen molar-refractivity contribution in [2.45, 2.75) is 24.2 Å². The summed E-state index contributed by atoms with van der Waals surface area (Å²) in [6, 6.07) is 5.37. The highest BCUT2D eigenvalue weighted by molar-refractivity contribution is 7.91. The third kappa shape index (κ3) is 4.28. The Balaban J connectivity index is 2.11. The molecular formula is C13H17ClN2O2S3. The number of hydrogen-bond donors (Lipinski definition) is 1. The van der Waals surface area contributed by atoms with Crippen LogP contribution in [0.5, 0.6) is 0 Å². The van der Waals surface area contributed by atoms with Gasteiger partial charge in [-0.25, -0.2) is 8.42 Å². The lowest BCUT2D eigenvalue weighted by Gasteiger charge is -2.14. The first-order valence-corrected chi connectivity index (χ1v) is 9.93. The molecule has 21 heavy (non-hydrogen) atoms. The maximum Gasteiger partial charge on any atom is 0.252 e. The molecular weight excluding hydrogens is 348 g/mol. The molecule has 0 aliphatic carbocycles. The number of sulfonamides is 1. The zero-order valence-corrected chi connectivity index (χ0v) is 15.0. The highest BCUT2D eigenvalue weighted by Crippen LogP contribution is 2.27. The Bertz CT molecular complexity index is 694. The van der Waals surface area contributed by atoms with Crippen LogP contribution in [-0.4, -0.2) is 26.3 Å².